The molecule has 0 N–H and O–H groups in total. The fourth-order valence-corrected chi connectivity index (χ4v) is 1.99. The van der Waals surface area contributed by atoms with Crippen molar-refractivity contribution >= 4 is 21.8 Å². The van der Waals surface area contributed by atoms with Gasteiger partial charge in [0.15, 0.2) is 0 Å². The second-order valence-corrected chi connectivity index (χ2v) is 5.83. The van der Waals surface area contributed by atoms with Crippen molar-refractivity contribution < 1.29 is 4.79 Å². The van der Waals surface area contributed by atoms with Crippen LogP contribution in [0.5, 0.6) is 0 Å². The number of benzene rings is 1. The first kappa shape index (κ1) is 13.2. The van der Waals surface area contributed by atoms with Gasteiger partial charge in [0.05, 0.1) is 0 Å². The zero-order chi connectivity index (χ0) is 12.3. The molecule has 1 amide bonds. The first-order chi connectivity index (χ1) is 7.41. The predicted molar refractivity (Wildman–Crippen MR) is 71.3 cm³/mol. The van der Waals surface area contributed by atoms with Crippen molar-refractivity contribution in [2.75, 3.05) is 13.6 Å². The van der Waals surface area contributed by atoms with Crippen molar-refractivity contribution in [1.29, 1.82) is 0 Å². The van der Waals surface area contributed by atoms with Crippen LogP contribution in [0, 0.1) is 13.8 Å². The maximum atomic E-state index is 12.0. The van der Waals surface area contributed by atoms with Gasteiger partial charge in [-0.1, -0.05) is 28.9 Å². The zero-order valence-electron chi connectivity index (χ0n) is 10.2. The Kier molecular flexibility index (Phi) is 4.54. The molecule has 0 heterocycles. The SMILES string of the molecule is Cc1ccc(C(=O)N(C)CC(C)Br)cc1C. The summed E-state index contributed by atoms with van der Waals surface area (Å²) in [4.78, 5) is 14.1. The van der Waals surface area contributed by atoms with E-state index >= 15 is 0 Å². The second-order valence-electron chi connectivity index (χ2n) is 4.27. The molecule has 0 fully saturated rings. The Morgan fingerprint density at radius 3 is 2.50 bits per heavy atom. The fraction of sp³-hybridized carbons (Fsp3) is 0.462. The Labute approximate surface area is 106 Å². The number of hydrogen-bond donors (Lipinski definition) is 0. The van der Waals surface area contributed by atoms with Gasteiger partial charge in [-0.2, -0.15) is 0 Å². The number of carbonyl (C=O) groups is 1. The molecule has 0 bridgehead atoms. The van der Waals surface area contributed by atoms with Crippen LogP contribution < -0.4 is 0 Å². The Bertz CT molecular complexity index is 388. The third-order valence-electron chi connectivity index (χ3n) is 2.63. The molecule has 3 heteroatoms. The highest BCUT2D eigenvalue weighted by molar-refractivity contribution is 9.09. The minimum atomic E-state index is 0.0781. The van der Waals surface area contributed by atoms with Gasteiger partial charge in [0.25, 0.3) is 5.91 Å². The molecular weight excluding hydrogens is 266 g/mol. The molecule has 1 aromatic rings. The summed E-state index contributed by atoms with van der Waals surface area (Å²) < 4.78 is 0. The highest BCUT2D eigenvalue weighted by Gasteiger charge is 2.13. The average molecular weight is 284 g/mol. The molecule has 16 heavy (non-hydrogen) atoms. The first-order valence-electron chi connectivity index (χ1n) is 5.38. The Hall–Kier alpha value is -0.830. The van der Waals surface area contributed by atoms with Gasteiger partial charge in [-0.15, -0.1) is 0 Å². The molecule has 1 rings (SSSR count). The van der Waals surface area contributed by atoms with Crippen molar-refractivity contribution in [2.24, 2.45) is 0 Å². The Balaban J connectivity index is 2.84. The Morgan fingerprint density at radius 1 is 1.38 bits per heavy atom. The summed E-state index contributed by atoms with van der Waals surface area (Å²) in [6.07, 6.45) is 0. The van der Waals surface area contributed by atoms with Crippen LogP contribution in [-0.4, -0.2) is 29.2 Å². The minimum absolute atomic E-state index is 0.0781. The molecule has 88 valence electrons. The van der Waals surface area contributed by atoms with Crippen molar-refractivity contribution in [3.8, 4) is 0 Å². The standard InChI is InChI=1S/C13H18BrNO/c1-9-5-6-12(7-10(9)2)13(16)15(4)8-11(3)14/h5-7,11H,8H2,1-4H3. The average Bonchev–Trinajstić information content (AvgIpc) is 2.20. The number of hydrogen-bond acceptors (Lipinski definition) is 1. The number of rotatable bonds is 3. The number of halogens is 1. The normalized spacial score (nSPS) is 12.3. The maximum Gasteiger partial charge on any atom is 0.253 e. The number of nitrogens with zero attached hydrogens (tertiary/aromatic N) is 1. The molecule has 1 atom stereocenters. The van der Waals surface area contributed by atoms with E-state index in [9.17, 15) is 4.79 Å². The molecule has 0 spiro atoms. The van der Waals surface area contributed by atoms with Gasteiger partial charge < -0.3 is 4.90 Å². The second kappa shape index (κ2) is 5.48. The summed E-state index contributed by atoms with van der Waals surface area (Å²) in [7, 11) is 1.83. The van der Waals surface area contributed by atoms with E-state index in [1.807, 2.05) is 46.0 Å². The van der Waals surface area contributed by atoms with E-state index in [2.05, 4.69) is 15.9 Å². The van der Waals surface area contributed by atoms with Crippen LogP contribution in [0.15, 0.2) is 18.2 Å². The first-order valence-corrected chi connectivity index (χ1v) is 6.30. The molecule has 0 aliphatic rings. The van der Waals surface area contributed by atoms with E-state index in [-0.39, 0.29) is 5.91 Å². The smallest absolute Gasteiger partial charge is 0.253 e. The molecule has 0 aliphatic heterocycles. The number of aryl methyl sites for hydroxylation is 2. The highest BCUT2D eigenvalue weighted by Crippen LogP contribution is 2.12. The van der Waals surface area contributed by atoms with Gasteiger partial charge in [-0.25, -0.2) is 0 Å². The fourth-order valence-electron chi connectivity index (χ4n) is 1.56. The van der Waals surface area contributed by atoms with Crippen LogP contribution in [0.2, 0.25) is 0 Å². The van der Waals surface area contributed by atoms with E-state index in [0.29, 0.717) is 11.4 Å². The summed E-state index contributed by atoms with van der Waals surface area (Å²) in [5.74, 6) is 0.0781. The van der Waals surface area contributed by atoms with Gasteiger partial charge >= 0.3 is 0 Å². The third kappa shape index (κ3) is 3.34. The number of carbonyl (C=O) groups excluding carboxylic acids is 1. The van der Waals surface area contributed by atoms with E-state index in [1.165, 1.54) is 5.56 Å². The molecule has 0 saturated carbocycles. The highest BCUT2D eigenvalue weighted by atomic mass is 79.9. The molecule has 0 aromatic heterocycles. The van der Waals surface area contributed by atoms with Gasteiger partial charge in [0, 0.05) is 24.0 Å². The summed E-state index contributed by atoms with van der Waals surface area (Å²) in [6, 6.07) is 5.83. The summed E-state index contributed by atoms with van der Waals surface area (Å²) in [6.45, 7) is 6.82. The van der Waals surface area contributed by atoms with E-state index in [1.54, 1.807) is 4.90 Å². The summed E-state index contributed by atoms with van der Waals surface area (Å²) in [5, 5.41) is 0. The number of alkyl halides is 1. The van der Waals surface area contributed by atoms with Gasteiger partial charge in [-0.05, 0) is 37.1 Å². The quantitative estimate of drug-likeness (QED) is 0.781. The molecule has 0 aliphatic carbocycles. The summed E-state index contributed by atoms with van der Waals surface area (Å²) >= 11 is 3.45. The van der Waals surface area contributed by atoms with Gasteiger partial charge in [-0.3, -0.25) is 4.79 Å². The largest absolute Gasteiger partial charge is 0.341 e. The molecule has 1 unspecified atom stereocenters. The van der Waals surface area contributed by atoms with Gasteiger partial charge in [0.2, 0.25) is 0 Å². The monoisotopic (exact) mass is 283 g/mol. The summed E-state index contributed by atoms with van der Waals surface area (Å²) in [5.41, 5.74) is 3.14. The van der Waals surface area contributed by atoms with Gasteiger partial charge in [0.1, 0.15) is 0 Å². The van der Waals surface area contributed by atoms with Crippen LogP contribution in [0.1, 0.15) is 28.4 Å². The zero-order valence-corrected chi connectivity index (χ0v) is 11.8. The van der Waals surface area contributed by atoms with Crippen LogP contribution in [0.3, 0.4) is 0 Å². The lowest BCUT2D eigenvalue weighted by atomic mass is 10.1. The van der Waals surface area contributed by atoms with E-state index in [4.69, 9.17) is 0 Å². The molecule has 1 aromatic carbocycles. The lowest BCUT2D eigenvalue weighted by Crippen LogP contribution is -2.31. The predicted octanol–water partition coefficient (Wildman–Crippen LogP) is 3.16. The molecular formula is C13H18BrNO. The van der Waals surface area contributed by atoms with Crippen LogP contribution in [-0.2, 0) is 0 Å². The maximum absolute atomic E-state index is 12.0. The van der Waals surface area contributed by atoms with Crippen molar-refractivity contribution in [1.82, 2.24) is 4.90 Å². The number of amides is 1. The third-order valence-corrected chi connectivity index (χ3v) is 2.92. The minimum Gasteiger partial charge on any atom is -0.341 e. The lowest BCUT2D eigenvalue weighted by molar-refractivity contribution is 0.0797. The van der Waals surface area contributed by atoms with Crippen LogP contribution in [0.4, 0.5) is 0 Å². The van der Waals surface area contributed by atoms with Crippen LogP contribution >= 0.6 is 15.9 Å². The molecule has 2 nitrogen and oxygen atoms in total. The molecule has 0 saturated heterocycles. The van der Waals surface area contributed by atoms with E-state index in [0.717, 1.165) is 11.1 Å². The topological polar surface area (TPSA) is 20.3 Å². The van der Waals surface area contributed by atoms with Crippen molar-refractivity contribution in [3.63, 3.8) is 0 Å². The van der Waals surface area contributed by atoms with Crippen molar-refractivity contribution in [2.45, 2.75) is 25.6 Å². The van der Waals surface area contributed by atoms with Crippen molar-refractivity contribution in [3.05, 3.63) is 34.9 Å². The molecule has 0 radical (unpaired) electrons. The lowest BCUT2D eigenvalue weighted by Gasteiger charge is -2.19. The van der Waals surface area contributed by atoms with Crippen LogP contribution in [0.25, 0.3) is 0 Å². The Morgan fingerprint density at radius 2 is 2.00 bits per heavy atom. The van der Waals surface area contributed by atoms with E-state index < -0.39 is 0 Å².